The maximum atomic E-state index is 11.5. The molecule has 5 heteroatoms. The van der Waals surface area contributed by atoms with Crippen molar-refractivity contribution in [3.05, 3.63) is 10.6 Å². The van der Waals surface area contributed by atoms with Crippen LogP contribution < -0.4 is 5.43 Å². The number of fused-ring (bicyclic) bond motifs is 2. The van der Waals surface area contributed by atoms with Gasteiger partial charge in [0, 0.05) is 18.6 Å². The fourth-order valence-corrected chi connectivity index (χ4v) is 4.70. The highest BCUT2D eigenvalue weighted by Gasteiger charge is 2.53. The average Bonchev–Trinajstić information content (AvgIpc) is 3.03. The van der Waals surface area contributed by atoms with Gasteiger partial charge < -0.3 is 0 Å². The summed E-state index contributed by atoms with van der Waals surface area (Å²) in [5.74, 6) is 2.11. The van der Waals surface area contributed by atoms with E-state index in [0.29, 0.717) is 17.3 Å². The molecule has 2 aliphatic rings. The summed E-state index contributed by atoms with van der Waals surface area (Å²) in [6.45, 7) is 10.6. The molecule has 0 spiro atoms. The molecule has 2 bridgehead atoms. The van der Waals surface area contributed by atoms with Crippen molar-refractivity contribution >= 4 is 28.0 Å². The van der Waals surface area contributed by atoms with Crippen LogP contribution in [0.4, 0.5) is 5.13 Å². The van der Waals surface area contributed by atoms with E-state index in [1.54, 1.807) is 6.92 Å². The topological polar surface area (TPSA) is 54.4 Å². The van der Waals surface area contributed by atoms with Crippen molar-refractivity contribution in [2.75, 3.05) is 5.43 Å². The zero-order chi connectivity index (χ0) is 15.4. The number of ketones is 1. The van der Waals surface area contributed by atoms with Crippen LogP contribution in [0, 0.1) is 30.1 Å². The molecule has 0 amide bonds. The Kier molecular flexibility index (Phi) is 3.43. The number of rotatable bonds is 3. The summed E-state index contributed by atoms with van der Waals surface area (Å²) in [6, 6.07) is 0. The number of thiazole rings is 1. The molecule has 3 rings (SSSR count). The lowest BCUT2D eigenvalue weighted by atomic mass is 9.69. The van der Waals surface area contributed by atoms with Crippen molar-refractivity contribution in [2.45, 2.75) is 47.5 Å². The molecule has 1 N–H and O–H groups in total. The van der Waals surface area contributed by atoms with E-state index in [1.807, 2.05) is 6.92 Å². The molecule has 1 aromatic rings. The minimum absolute atomic E-state index is 0.0704. The molecule has 0 radical (unpaired) electrons. The third kappa shape index (κ3) is 2.31. The summed E-state index contributed by atoms with van der Waals surface area (Å²) in [5, 5.41) is 5.33. The third-order valence-corrected chi connectivity index (χ3v) is 6.83. The van der Waals surface area contributed by atoms with Crippen LogP contribution in [0.3, 0.4) is 0 Å². The molecule has 3 atom stereocenters. The second kappa shape index (κ2) is 4.90. The van der Waals surface area contributed by atoms with E-state index in [1.165, 1.54) is 23.5 Å². The van der Waals surface area contributed by atoms with Crippen LogP contribution in [0.25, 0.3) is 0 Å². The number of aryl methyl sites for hydroxylation is 1. The SMILES string of the molecule is CC(=O)c1sc(N/N=C2/C[C@H]3C[C@@H]2[C@H](C)C3(C)C)nc1C. The molecule has 2 aliphatic carbocycles. The number of nitrogens with zero attached hydrogens (tertiary/aromatic N) is 2. The highest BCUT2D eigenvalue weighted by atomic mass is 32.1. The molecule has 0 aliphatic heterocycles. The predicted octanol–water partition coefficient (Wildman–Crippen LogP) is 4.12. The van der Waals surface area contributed by atoms with Crippen molar-refractivity contribution in [1.29, 1.82) is 0 Å². The smallest absolute Gasteiger partial charge is 0.204 e. The van der Waals surface area contributed by atoms with Crippen molar-refractivity contribution in [3.63, 3.8) is 0 Å². The fourth-order valence-electron chi connectivity index (χ4n) is 3.90. The summed E-state index contributed by atoms with van der Waals surface area (Å²) < 4.78 is 0. The van der Waals surface area contributed by atoms with Gasteiger partial charge in [0.25, 0.3) is 0 Å². The summed E-state index contributed by atoms with van der Waals surface area (Å²) in [7, 11) is 0. The first-order valence-electron chi connectivity index (χ1n) is 7.61. The van der Waals surface area contributed by atoms with Crippen LogP contribution in [0.2, 0.25) is 0 Å². The lowest BCUT2D eigenvalue weighted by Crippen LogP contribution is -2.33. The maximum Gasteiger partial charge on any atom is 0.204 e. The molecular formula is C16H23N3OS. The molecule has 0 aromatic carbocycles. The summed E-state index contributed by atoms with van der Waals surface area (Å²) in [4.78, 5) is 16.6. The highest BCUT2D eigenvalue weighted by molar-refractivity contribution is 7.17. The van der Waals surface area contributed by atoms with E-state index in [9.17, 15) is 4.79 Å². The van der Waals surface area contributed by atoms with Gasteiger partial charge in [0.15, 0.2) is 5.78 Å². The molecule has 21 heavy (non-hydrogen) atoms. The monoisotopic (exact) mass is 305 g/mol. The first-order valence-corrected chi connectivity index (χ1v) is 8.43. The van der Waals surface area contributed by atoms with Crippen molar-refractivity contribution < 1.29 is 4.79 Å². The molecule has 114 valence electrons. The Hall–Kier alpha value is -1.23. The van der Waals surface area contributed by atoms with E-state index in [0.717, 1.165) is 28.0 Å². The van der Waals surface area contributed by atoms with Crippen LogP contribution in [0.5, 0.6) is 0 Å². The molecule has 2 saturated carbocycles. The summed E-state index contributed by atoms with van der Waals surface area (Å²) in [5.41, 5.74) is 5.58. The van der Waals surface area contributed by atoms with Gasteiger partial charge in [-0.1, -0.05) is 32.1 Å². The van der Waals surface area contributed by atoms with Gasteiger partial charge in [0.05, 0.1) is 10.6 Å². The molecule has 1 aromatic heterocycles. The van der Waals surface area contributed by atoms with E-state index < -0.39 is 0 Å². The number of hydrogen-bond acceptors (Lipinski definition) is 5. The zero-order valence-corrected chi connectivity index (χ0v) is 14.2. The maximum absolute atomic E-state index is 11.5. The highest BCUT2D eigenvalue weighted by Crippen LogP contribution is 2.57. The number of hydrazone groups is 1. The molecule has 0 saturated heterocycles. The standard InChI is InChI=1S/C16H23N3OS/c1-8-12-6-11(16(8,4)5)7-13(12)18-19-15-17-9(2)14(21-15)10(3)20/h8,11-12H,6-7H2,1-5H3,(H,17,19)/b18-13-/t8-,11+,12+/m0/s1. The second-order valence-corrected chi connectivity index (χ2v) is 8.06. The number of nitrogens with one attached hydrogen (secondary N) is 1. The Labute approximate surface area is 130 Å². The van der Waals surface area contributed by atoms with Gasteiger partial charge in [0.2, 0.25) is 5.13 Å². The van der Waals surface area contributed by atoms with Crippen LogP contribution in [-0.4, -0.2) is 16.5 Å². The fraction of sp³-hybridized carbons (Fsp3) is 0.688. The minimum Gasteiger partial charge on any atom is -0.294 e. The van der Waals surface area contributed by atoms with Gasteiger partial charge in [-0.3, -0.25) is 10.2 Å². The first kappa shape index (κ1) is 14.7. The Balaban J connectivity index is 1.74. The van der Waals surface area contributed by atoms with Gasteiger partial charge in [-0.2, -0.15) is 5.10 Å². The quantitative estimate of drug-likeness (QED) is 0.675. The number of anilines is 1. The zero-order valence-electron chi connectivity index (χ0n) is 13.4. The van der Waals surface area contributed by atoms with E-state index in [4.69, 9.17) is 0 Å². The van der Waals surface area contributed by atoms with Gasteiger partial charge in [0.1, 0.15) is 0 Å². The predicted molar refractivity (Wildman–Crippen MR) is 87.1 cm³/mol. The Morgan fingerprint density at radius 1 is 1.48 bits per heavy atom. The molecular weight excluding hydrogens is 282 g/mol. The summed E-state index contributed by atoms with van der Waals surface area (Å²) in [6.07, 6.45) is 2.36. The first-order chi connectivity index (χ1) is 9.80. The normalized spacial score (nSPS) is 31.9. The van der Waals surface area contributed by atoms with E-state index in [-0.39, 0.29) is 5.78 Å². The molecule has 0 unspecified atom stereocenters. The van der Waals surface area contributed by atoms with Crippen LogP contribution in [0.15, 0.2) is 5.10 Å². The molecule has 1 heterocycles. The van der Waals surface area contributed by atoms with Crippen molar-refractivity contribution in [2.24, 2.45) is 28.3 Å². The van der Waals surface area contributed by atoms with Crippen molar-refractivity contribution in [3.8, 4) is 0 Å². The van der Waals surface area contributed by atoms with Crippen LogP contribution in [-0.2, 0) is 0 Å². The van der Waals surface area contributed by atoms with Crippen LogP contribution >= 0.6 is 11.3 Å². The van der Waals surface area contributed by atoms with E-state index >= 15 is 0 Å². The lowest BCUT2D eigenvalue weighted by Gasteiger charge is -2.36. The number of carbonyl (C=O) groups excluding carboxylic acids is 1. The second-order valence-electron chi connectivity index (χ2n) is 7.06. The number of Topliss-reactive ketones (excluding diaryl/α,β-unsaturated/α-hetero) is 1. The third-order valence-electron chi connectivity index (χ3n) is 5.66. The average molecular weight is 305 g/mol. The Morgan fingerprint density at radius 2 is 2.19 bits per heavy atom. The molecule has 2 fully saturated rings. The lowest BCUT2D eigenvalue weighted by molar-refractivity contribution is 0.102. The minimum atomic E-state index is 0.0704. The number of carbonyl (C=O) groups is 1. The van der Waals surface area contributed by atoms with Gasteiger partial charge in [-0.05, 0) is 37.0 Å². The van der Waals surface area contributed by atoms with Crippen molar-refractivity contribution in [1.82, 2.24) is 4.98 Å². The molecule has 4 nitrogen and oxygen atoms in total. The Morgan fingerprint density at radius 3 is 2.71 bits per heavy atom. The van der Waals surface area contributed by atoms with Crippen LogP contribution in [0.1, 0.15) is 55.9 Å². The van der Waals surface area contributed by atoms with Gasteiger partial charge >= 0.3 is 0 Å². The summed E-state index contributed by atoms with van der Waals surface area (Å²) >= 11 is 1.39. The van der Waals surface area contributed by atoms with E-state index in [2.05, 4.69) is 36.3 Å². The van der Waals surface area contributed by atoms with Gasteiger partial charge in [-0.15, -0.1) is 0 Å². The number of hydrogen-bond donors (Lipinski definition) is 1. The van der Waals surface area contributed by atoms with Gasteiger partial charge in [-0.25, -0.2) is 4.98 Å². The largest absolute Gasteiger partial charge is 0.294 e. The number of aromatic nitrogens is 1. The Bertz CT molecular complexity index is 613.